The summed E-state index contributed by atoms with van der Waals surface area (Å²) in [6.07, 6.45) is 1.33. The maximum atomic E-state index is 10.9. The highest BCUT2D eigenvalue weighted by Gasteiger charge is 2.08. The SMILES string of the molecule is COc1ccc(Cc2nnc(SCCCOc3cccc(C(=O)O)c3)o2)cc1. The van der Waals surface area contributed by atoms with Crippen LogP contribution in [0.15, 0.2) is 58.2 Å². The molecule has 146 valence electrons. The molecule has 1 heterocycles. The van der Waals surface area contributed by atoms with Gasteiger partial charge >= 0.3 is 5.97 Å². The number of aromatic carboxylic acids is 1. The van der Waals surface area contributed by atoms with Crippen molar-refractivity contribution in [1.29, 1.82) is 0 Å². The van der Waals surface area contributed by atoms with Gasteiger partial charge in [-0.15, -0.1) is 10.2 Å². The monoisotopic (exact) mass is 400 g/mol. The average molecular weight is 400 g/mol. The van der Waals surface area contributed by atoms with Gasteiger partial charge in [0.25, 0.3) is 5.22 Å². The lowest BCUT2D eigenvalue weighted by Crippen LogP contribution is -2.01. The zero-order valence-electron chi connectivity index (χ0n) is 15.3. The van der Waals surface area contributed by atoms with Gasteiger partial charge in [0, 0.05) is 5.75 Å². The van der Waals surface area contributed by atoms with Crippen molar-refractivity contribution in [2.24, 2.45) is 0 Å². The summed E-state index contributed by atoms with van der Waals surface area (Å²) in [5.41, 5.74) is 1.28. The van der Waals surface area contributed by atoms with E-state index in [1.807, 2.05) is 24.3 Å². The molecule has 8 heteroatoms. The van der Waals surface area contributed by atoms with Crippen molar-refractivity contribution in [2.75, 3.05) is 19.5 Å². The zero-order valence-corrected chi connectivity index (χ0v) is 16.1. The number of hydrogen-bond acceptors (Lipinski definition) is 7. The van der Waals surface area contributed by atoms with Gasteiger partial charge in [-0.25, -0.2) is 4.79 Å². The normalized spacial score (nSPS) is 10.6. The van der Waals surface area contributed by atoms with Crippen molar-refractivity contribution in [3.63, 3.8) is 0 Å². The smallest absolute Gasteiger partial charge is 0.335 e. The number of nitrogens with zero attached hydrogens (tertiary/aromatic N) is 2. The first kappa shape index (κ1) is 19.8. The molecule has 0 bridgehead atoms. The Labute approximate surface area is 166 Å². The second-order valence-corrected chi connectivity index (χ2v) is 6.92. The van der Waals surface area contributed by atoms with Crippen LogP contribution in [-0.2, 0) is 6.42 Å². The molecule has 7 nitrogen and oxygen atoms in total. The van der Waals surface area contributed by atoms with Gasteiger partial charge in [-0.2, -0.15) is 0 Å². The van der Waals surface area contributed by atoms with Crippen LogP contribution in [0.2, 0.25) is 0 Å². The molecule has 1 aromatic heterocycles. The summed E-state index contributed by atoms with van der Waals surface area (Å²) in [5, 5.41) is 17.6. The third-order valence-corrected chi connectivity index (χ3v) is 4.73. The highest BCUT2D eigenvalue weighted by molar-refractivity contribution is 7.99. The minimum atomic E-state index is -0.970. The number of aromatic nitrogens is 2. The van der Waals surface area contributed by atoms with Crippen LogP contribution in [0.3, 0.4) is 0 Å². The van der Waals surface area contributed by atoms with Gasteiger partial charge in [-0.1, -0.05) is 30.0 Å². The number of benzene rings is 2. The number of carbonyl (C=O) groups is 1. The lowest BCUT2D eigenvalue weighted by molar-refractivity contribution is 0.0696. The van der Waals surface area contributed by atoms with Crippen molar-refractivity contribution in [3.05, 3.63) is 65.5 Å². The van der Waals surface area contributed by atoms with Gasteiger partial charge in [0.2, 0.25) is 5.89 Å². The molecule has 1 N–H and O–H groups in total. The van der Waals surface area contributed by atoms with E-state index in [0.717, 1.165) is 23.5 Å². The van der Waals surface area contributed by atoms with E-state index >= 15 is 0 Å². The fraction of sp³-hybridized carbons (Fsp3) is 0.250. The van der Waals surface area contributed by atoms with Gasteiger partial charge in [0.1, 0.15) is 11.5 Å². The fourth-order valence-corrected chi connectivity index (χ4v) is 3.10. The Bertz CT molecular complexity index is 911. The van der Waals surface area contributed by atoms with Gasteiger partial charge < -0.3 is 19.0 Å². The molecule has 28 heavy (non-hydrogen) atoms. The third-order valence-electron chi connectivity index (χ3n) is 3.83. The highest BCUT2D eigenvalue weighted by atomic mass is 32.2. The molecule has 0 radical (unpaired) electrons. The predicted octanol–water partition coefficient (Wildman–Crippen LogP) is 3.93. The molecule has 0 atom stereocenters. The summed E-state index contributed by atoms with van der Waals surface area (Å²) in [4.78, 5) is 10.9. The molecule has 0 fully saturated rings. The minimum Gasteiger partial charge on any atom is -0.497 e. The van der Waals surface area contributed by atoms with Crippen LogP contribution in [-0.4, -0.2) is 40.7 Å². The Morgan fingerprint density at radius 3 is 2.71 bits per heavy atom. The zero-order chi connectivity index (χ0) is 19.8. The fourth-order valence-electron chi connectivity index (χ4n) is 2.41. The number of ether oxygens (including phenoxy) is 2. The number of carboxylic acid groups (broad SMARTS) is 1. The predicted molar refractivity (Wildman–Crippen MR) is 104 cm³/mol. The number of thioether (sulfide) groups is 1. The summed E-state index contributed by atoms with van der Waals surface area (Å²) in [6, 6.07) is 14.2. The molecular formula is C20H20N2O5S. The second-order valence-electron chi connectivity index (χ2n) is 5.87. The Balaban J connectivity index is 1.39. The van der Waals surface area contributed by atoms with Gasteiger partial charge in [0.15, 0.2) is 0 Å². The first-order valence-electron chi connectivity index (χ1n) is 8.68. The molecule has 0 saturated carbocycles. The summed E-state index contributed by atoms with van der Waals surface area (Å²) < 4.78 is 16.4. The van der Waals surface area contributed by atoms with Crippen molar-refractivity contribution < 1.29 is 23.8 Å². The molecule has 0 saturated heterocycles. The summed E-state index contributed by atoms with van der Waals surface area (Å²) in [7, 11) is 1.63. The Morgan fingerprint density at radius 1 is 1.14 bits per heavy atom. The molecule has 0 aliphatic carbocycles. The molecule has 3 rings (SSSR count). The summed E-state index contributed by atoms with van der Waals surface area (Å²) in [6.45, 7) is 0.475. The van der Waals surface area contributed by atoms with Crippen LogP contribution in [0.5, 0.6) is 11.5 Å². The molecule has 0 amide bonds. The van der Waals surface area contributed by atoms with E-state index in [1.54, 1.807) is 19.2 Å². The van der Waals surface area contributed by atoms with E-state index in [-0.39, 0.29) is 5.56 Å². The Morgan fingerprint density at radius 2 is 1.96 bits per heavy atom. The lowest BCUT2D eigenvalue weighted by Gasteiger charge is -2.06. The van der Waals surface area contributed by atoms with Crippen molar-refractivity contribution in [3.8, 4) is 11.5 Å². The van der Waals surface area contributed by atoms with E-state index in [4.69, 9.17) is 19.0 Å². The number of rotatable bonds is 10. The molecule has 0 spiro atoms. The minimum absolute atomic E-state index is 0.210. The van der Waals surface area contributed by atoms with Crippen molar-refractivity contribution in [2.45, 2.75) is 18.1 Å². The Kier molecular flexibility index (Phi) is 6.91. The van der Waals surface area contributed by atoms with Gasteiger partial charge in [-0.05, 0) is 42.3 Å². The molecule has 0 aliphatic rings. The average Bonchev–Trinajstić information content (AvgIpc) is 3.15. The van der Waals surface area contributed by atoms with Crippen LogP contribution in [0, 0.1) is 0 Å². The molecule has 0 aliphatic heterocycles. The van der Waals surface area contributed by atoms with Crippen molar-refractivity contribution in [1.82, 2.24) is 10.2 Å². The summed E-state index contributed by atoms with van der Waals surface area (Å²) >= 11 is 1.47. The maximum Gasteiger partial charge on any atom is 0.335 e. The molecular weight excluding hydrogens is 380 g/mol. The van der Waals surface area contributed by atoms with Crippen molar-refractivity contribution >= 4 is 17.7 Å². The van der Waals surface area contributed by atoms with Crippen LogP contribution >= 0.6 is 11.8 Å². The first-order valence-corrected chi connectivity index (χ1v) is 9.67. The van der Waals surface area contributed by atoms with E-state index < -0.39 is 5.97 Å². The summed E-state index contributed by atoms with van der Waals surface area (Å²) in [5.74, 6) is 1.70. The second kappa shape index (κ2) is 9.80. The number of hydrogen-bond donors (Lipinski definition) is 1. The molecule has 0 unspecified atom stereocenters. The largest absolute Gasteiger partial charge is 0.497 e. The Hall–Kier alpha value is -3.00. The lowest BCUT2D eigenvalue weighted by atomic mass is 10.1. The molecule has 2 aromatic carbocycles. The van der Waals surface area contributed by atoms with E-state index in [1.165, 1.54) is 23.9 Å². The quantitative estimate of drug-likeness (QED) is 0.404. The van der Waals surface area contributed by atoms with E-state index in [9.17, 15) is 4.79 Å². The highest BCUT2D eigenvalue weighted by Crippen LogP contribution is 2.20. The third kappa shape index (κ3) is 5.75. The standard InChI is InChI=1S/C20H20N2O5S/c1-25-16-8-6-14(7-9-16)12-18-21-22-20(27-18)28-11-3-10-26-17-5-2-4-15(13-17)19(23)24/h2,4-9,13H,3,10-12H2,1H3,(H,23,24). The van der Waals surface area contributed by atoms with E-state index in [2.05, 4.69) is 10.2 Å². The molecule has 3 aromatic rings. The maximum absolute atomic E-state index is 10.9. The number of methoxy groups -OCH3 is 1. The first-order chi connectivity index (χ1) is 13.6. The number of carboxylic acids is 1. The van der Waals surface area contributed by atoms with Gasteiger partial charge in [0.05, 0.1) is 25.7 Å². The topological polar surface area (TPSA) is 94.7 Å². The van der Waals surface area contributed by atoms with Gasteiger partial charge in [-0.3, -0.25) is 0 Å². The van der Waals surface area contributed by atoms with Crippen LogP contribution in [0.1, 0.15) is 28.2 Å². The van der Waals surface area contributed by atoms with Crippen LogP contribution in [0.4, 0.5) is 0 Å². The van der Waals surface area contributed by atoms with E-state index in [0.29, 0.717) is 29.9 Å². The van der Waals surface area contributed by atoms with Crippen LogP contribution < -0.4 is 9.47 Å². The van der Waals surface area contributed by atoms with Crippen LogP contribution in [0.25, 0.3) is 0 Å².